The third-order valence-corrected chi connectivity index (χ3v) is 3.75. The molecular formula is C15H22N2O2. The number of benzene rings is 1. The van der Waals surface area contributed by atoms with Crippen LogP contribution in [0.3, 0.4) is 0 Å². The molecule has 0 saturated carbocycles. The lowest BCUT2D eigenvalue weighted by molar-refractivity contribution is -0.122. The van der Waals surface area contributed by atoms with E-state index in [0.717, 1.165) is 12.1 Å². The largest absolute Gasteiger partial charge is 0.391 e. The van der Waals surface area contributed by atoms with E-state index in [1.54, 1.807) is 0 Å². The quantitative estimate of drug-likeness (QED) is 0.848. The fourth-order valence-corrected chi connectivity index (χ4v) is 2.44. The van der Waals surface area contributed by atoms with Gasteiger partial charge in [0, 0.05) is 19.6 Å². The average molecular weight is 262 g/mol. The molecule has 0 aromatic heterocycles. The lowest BCUT2D eigenvalue weighted by atomic mass is 10.1. The standard InChI is InChI=1S/C15H22N2O2/c1-11-5-3-4-6-13(11)7-16-15(19)10-17-8-12(2)14(18)9-17/h3-6,12,14,18H,7-10H2,1-2H3,(H,16,19)/t12-,14-/m0/s1. The number of likely N-dealkylation sites (tertiary alicyclic amines) is 1. The molecule has 2 N–H and O–H groups in total. The van der Waals surface area contributed by atoms with Crippen molar-refractivity contribution in [3.05, 3.63) is 35.4 Å². The van der Waals surface area contributed by atoms with Crippen LogP contribution in [0.15, 0.2) is 24.3 Å². The van der Waals surface area contributed by atoms with Crippen molar-refractivity contribution in [3.63, 3.8) is 0 Å². The van der Waals surface area contributed by atoms with E-state index in [1.165, 1.54) is 5.56 Å². The van der Waals surface area contributed by atoms with Crippen LogP contribution in [0.4, 0.5) is 0 Å². The summed E-state index contributed by atoms with van der Waals surface area (Å²) < 4.78 is 0. The number of nitrogens with zero attached hydrogens (tertiary/aromatic N) is 1. The number of carbonyl (C=O) groups is 1. The van der Waals surface area contributed by atoms with Crippen molar-refractivity contribution < 1.29 is 9.90 Å². The minimum absolute atomic E-state index is 0.0181. The Morgan fingerprint density at radius 1 is 1.42 bits per heavy atom. The summed E-state index contributed by atoms with van der Waals surface area (Å²) in [7, 11) is 0. The summed E-state index contributed by atoms with van der Waals surface area (Å²) >= 11 is 0. The number of nitrogens with one attached hydrogen (secondary N) is 1. The lowest BCUT2D eigenvalue weighted by Gasteiger charge is -2.15. The van der Waals surface area contributed by atoms with Crippen LogP contribution in [0.5, 0.6) is 0 Å². The molecule has 4 heteroatoms. The Morgan fingerprint density at radius 2 is 2.16 bits per heavy atom. The third kappa shape index (κ3) is 3.78. The van der Waals surface area contributed by atoms with Crippen molar-refractivity contribution in [1.29, 1.82) is 0 Å². The highest BCUT2D eigenvalue weighted by Gasteiger charge is 2.28. The van der Waals surface area contributed by atoms with Gasteiger partial charge in [-0.05, 0) is 24.0 Å². The van der Waals surface area contributed by atoms with Gasteiger partial charge in [0.05, 0.1) is 12.6 Å². The molecule has 104 valence electrons. The summed E-state index contributed by atoms with van der Waals surface area (Å²) in [6, 6.07) is 8.04. The molecule has 1 aliphatic rings. The average Bonchev–Trinajstić information content (AvgIpc) is 2.67. The molecular weight excluding hydrogens is 240 g/mol. The van der Waals surface area contributed by atoms with E-state index in [9.17, 15) is 9.90 Å². The minimum atomic E-state index is -0.302. The molecule has 1 aliphatic heterocycles. The summed E-state index contributed by atoms with van der Waals surface area (Å²) in [5, 5.41) is 12.6. The second-order valence-corrected chi connectivity index (χ2v) is 5.44. The third-order valence-electron chi connectivity index (χ3n) is 3.75. The first-order valence-corrected chi connectivity index (χ1v) is 6.78. The molecule has 1 heterocycles. The molecule has 0 radical (unpaired) electrons. The summed E-state index contributed by atoms with van der Waals surface area (Å²) in [4.78, 5) is 13.9. The molecule has 19 heavy (non-hydrogen) atoms. The number of aliphatic hydroxyl groups is 1. The molecule has 4 nitrogen and oxygen atoms in total. The zero-order valence-electron chi connectivity index (χ0n) is 11.6. The number of carbonyl (C=O) groups excluding carboxylic acids is 1. The van der Waals surface area contributed by atoms with Crippen molar-refractivity contribution in [2.45, 2.75) is 26.5 Å². The first-order valence-electron chi connectivity index (χ1n) is 6.78. The summed E-state index contributed by atoms with van der Waals surface area (Å²) in [6.45, 7) is 6.37. The van der Waals surface area contributed by atoms with Gasteiger partial charge in [-0.1, -0.05) is 31.2 Å². The maximum absolute atomic E-state index is 11.9. The van der Waals surface area contributed by atoms with Gasteiger partial charge in [0.2, 0.25) is 5.91 Å². The monoisotopic (exact) mass is 262 g/mol. The van der Waals surface area contributed by atoms with Gasteiger partial charge in [-0.25, -0.2) is 0 Å². The highest BCUT2D eigenvalue weighted by Crippen LogP contribution is 2.15. The van der Waals surface area contributed by atoms with Gasteiger partial charge >= 0.3 is 0 Å². The Labute approximate surface area is 114 Å². The second kappa shape index (κ2) is 6.17. The number of β-amino-alcohol motifs (C(OH)–C–C–N with tert-alkyl or cyclic N) is 1. The number of hydrogen-bond acceptors (Lipinski definition) is 3. The Balaban J connectivity index is 1.78. The van der Waals surface area contributed by atoms with Crippen molar-refractivity contribution >= 4 is 5.91 Å². The highest BCUT2D eigenvalue weighted by atomic mass is 16.3. The number of amides is 1. The van der Waals surface area contributed by atoms with Crippen LogP contribution in [-0.2, 0) is 11.3 Å². The van der Waals surface area contributed by atoms with Gasteiger partial charge < -0.3 is 10.4 Å². The SMILES string of the molecule is Cc1ccccc1CNC(=O)CN1C[C@H](C)[C@@H](O)C1. The van der Waals surface area contributed by atoms with Gasteiger partial charge in [-0.15, -0.1) is 0 Å². The number of aliphatic hydroxyl groups excluding tert-OH is 1. The fourth-order valence-electron chi connectivity index (χ4n) is 2.44. The molecule has 0 unspecified atom stereocenters. The molecule has 0 aliphatic carbocycles. The zero-order valence-corrected chi connectivity index (χ0v) is 11.6. The first kappa shape index (κ1) is 14.0. The molecule has 1 amide bonds. The fraction of sp³-hybridized carbons (Fsp3) is 0.533. The summed E-state index contributed by atoms with van der Waals surface area (Å²) in [6.07, 6.45) is -0.302. The van der Waals surface area contributed by atoms with E-state index in [4.69, 9.17) is 0 Å². The summed E-state index contributed by atoms with van der Waals surface area (Å²) in [5.41, 5.74) is 2.33. The Hall–Kier alpha value is -1.39. The minimum Gasteiger partial charge on any atom is -0.391 e. The number of rotatable bonds is 4. The molecule has 2 atom stereocenters. The smallest absolute Gasteiger partial charge is 0.234 e. The van der Waals surface area contributed by atoms with Crippen molar-refractivity contribution in [2.24, 2.45) is 5.92 Å². The Bertz CT molecular complexity index is 438. The molecule has 1 saturated heterocycles. The van der Waals surface area contributed by atoms with E-state index >= 15 is 0 Å². The molecule has 0 spiro atoms. The number of hydrogen-bond donors (Lipinski definition) is 2. The van der Waals surface area contributed by atoms with E-state index in [1.807, 2.05) is 43.0 Å². The van der Waals surface area contributed by atoms with E-state index in [0.29, 0.717) is 19.6 Å². The van der Waals surface area contributed by atoms with E-state index in [-0.39, 0.29) is 17.9 Å². The second-order valence-electron chi connectivity index (χ2n) is 5.44. The Kier molecular flexibility index (Phi) is 4.56. The number of aryl methyl sites for hydroxylation is 1. The van der Waals surface area contributed by atoms with Crippen LogP contribution in [0, 0.1) is 12.8 Å². The van der Waals surface area contributed by atoms with Crippen LogP contribution in [0.2, 0.25) is 0 Å². The van der Waals surface area contributed by atoms with Gasteiger partial charge in [0.1, 0.15) is 0 Å². The molecule has 1 aromatic carbocycles. The van der Waals surface area contributed by atoms with E-state index in [2.05, 4.69) is 5.32 Å². The maximum Gasteiger partial charge on any atom is 0.234 e. The van der Waals surface area contributed by atoms with Gasteiger partial charge in [0.15, 0.2) is 0 Å². The van der Waals surface area contributed by atoms with Crippen molar-refractivity contribution in [3.8, 4) is 0 Å². The van der Waals surface area contributed by atoms with Gasteiger partial charge in [-0.3, -0.25) is 9.69 Å². The van der Waals surface area contributed by atoms with Crippen LogP contribution in [0.1, 0.15) is 18.1 Å². The maximum atomic E-state index is 11.9. The van der Waals surface area contributed by atoms with Crippen LogP contribution in [-0.4, -0.2) is 41.7 Å². The predicted molar refractivity (Wildman–Crippen MR) is 74.6 cm³/mol. The van der Waals surface area contributed by atoms with Crippen LogP contribution >= 0.6 is 0 Å². The predicted octanol–water partition coefficient (Wildman–Crippen LogP) is 0.924. The van der Waals surface area contributed by atoms with E-state index < -0.39 is 0 Å². The summed E-state index contributed by atoms with van der Waals surface area (Å²) in [5.74, 6) is 0.272. The van der Waals surface area contributed by atoms with Gasteiger partial charge in [0.25, 0.3) is 0 Å². The van der Waals surface area contributed by atoms with Crippen molar-refractivity contribution in [2.75, 3.05) is 19.6 Å². The highest BCUT2D eigenvalue weighted by molar-refractivity contribution is 5.78. The molecule has 2 rings (SSSR count). The van der Waals surface area contributed by atoms with Crippen molar-refractivity contribution in [1.82, 2.24) is 10.2 Å². The topological polar surface area (TPSA) is 52.6 Å². The normalized spacial score (nSPS) is 23.5. The molecule has 1 fully saturated rings. The van der Waals surface area contributed by atoms with Gasteiger partial charge in [-0.2, -0.15) is 0 Å². The lowest BCUT2D eigenvalue weighted by Crippen LogP contribution is -2.36. The Morgan fingerprint density at radius 3 is 2.79 bits per heavy atom. The molecule has 1 aromatic rings. The van der Waals surface area contributed by atoms with Crippen LogP contribution < -0.4 is 5.32 Å². The van der Waals surface area contributed by atoms with Crippen LogP contribution in [0.25, 0.3) is 0 Å². The first-order chi connectivity index (χ1) is 9.06. The zero-order chi connectivity index (χ0) is 13.8. The molecule has 0 bridgehead atoms.